The van der Waals surface area contributed by atoms with Gasteiger partial charge in [-0.2, -0.15) is 0 Å². The molecule has 28 heavy (non-hydrogen) atoms. The molecule has 3 aliphatic rings. The van der Waals surface area contributed by atoms with Crippen LogP contribution in [0.3, 0.4) is 0 Å². The van der Waals surface area contributed by atoms with Crippen molar-refractivity contribution < 1.29 is 14.3 Å². The number of hydrogen-bond donors (Lipinski definition) is 0. The summed E-state index contributed by atoms with van der Waals surface area (Å²) in [5.74, 6) is 2.20. The van der Waals surface area contributed by atoms with Gasteiger partial charge >= 0.3 is 5.97 Å². The van der Waals surface area contributed by atoms with Crippen molar-refractivity contribution in [2.24, 2.45) is 11.8 Å². The third-order valence-electron chi connectivity index (χ3n) is 7.11. The Morgan fingerprint density at radius 3 is 2.89 bits per heavy atom. The summed E-state index contributed by atoms with van der Waals surface area (Å²) in [4.78, 5) is 14.6. The number of carbonyl (C=O) groups excluding carboxylic acids is 1. The molecule has 2 fully saturated rings. The molecule has 1 aromatic rings. The van der Waals surface area contributed by atoms with Crippen LogP contribution in [0, 0.1) is 11.8 Å². The van der Waals surface area contributed by atoms with Crippen LogP contribution in [0.1, 0.15) is 50.7 Å². The van der Waals surface area contributed by atoms with Crippen LogP contribution >= 0.6 is 0 Å². The van der Waals surface area contributed by atoms with Gasteiger partial charge in [0.25, 0.3) is 0 Å². The quantitative estimate of drug-likeness (QED) is 0.524. The van der Waals surface area contributed by atoms with Gasteiger partial charge in [-0.3, -0.25) is 9.69 Å². The molecule has 1 heterocycles. The summed E-state index contributed by atoms with van der Waals surface area (Å²) in [5, 5.41) is 0. The third-order valence-corrected chi connectivity index (χ3v) is 7.11. The lowest BCUT2D eigenvalue weighted by molar-refractivity contribution is -0.142. The maximum absolute atomic E-state index is 11.9. The molecular weight excluding hydrogens is 350 g/mol. The van der Waals surface area contributed by atoms with E-state index in [1.165, 1.54) is 30.5 Å². The van der Waals surface area contributed by atoms with E-state index in [4.69, 9.17) is 9.47 Å². The molecule has 0 radical (unpaired) electrons. The van der Waals surface area contributed by atoms with Crippen LogP contribution in [0.5, 0.6) is 5.75 Å². The molecule has 3 atom stereocenters. The average molecular weight is 384 g/mol. The molecule has 1 unspecified atom stereocenters. The van der Waals surface area contributed by atoms with Gasteiger partial charge in [0.2, 0.25) is 0 Å². The van der Waals surface area contributed by atoms with Crippen molar-refractivity contribution in [3.8, 4) is 5.75 Å². The zero-order valence-corrected chi connectivity index (χ0v) is 17.4. The summed E-state index contributed by atoms with van der Waals surface area (Å²) in [5.41, 5.74) is 2.80. The first-order chi connectivity index (χ1) is 13.6. The Hall–Kier alpha value is -1.81. The van der Waals surface area contributed by atoms with Crippen LogP contribution in [-0.2, 0) is 21.4 Å². The highest BCUT2D eigenvalue weighted by Gasteiger charge is 2.50. The number of nitrogens with zero attached hydrogens (tertiary/aromatic N) is 1. The topological polar surface area (TPSA) is 38.8 Å². The van der Waals surface area contributed by atoms with Gasteiger partial charge in [0.15, 0.2) is 0 Å². The minimum Gasteiger partial charge on any atom is -0.497 e. The summed E-state index contributed by atoms with van der Waals surface area (Å²) in [6.07, 6.45) is 9.70. The minimum absolute atomic E-state index is 0.0284. The fraction of sp³-hybridized carbons (Fsp3) is 0.625. The highest BCUT2D eigenvalue weighted by Crippen LogP contribution is 2.51. The first kappa shape index (κ1) is 19.5. The largest absolute Gasteiger partial charge is 0.497 e. The fourth-order valence-corrected chi connectivity index (χ4v) is 5.36. The molecule has 1 aromatic carbocycles. The van der Waals surface area contributed by atoms with Crippen LogP contribution in [0.25, 0.3) is 0 Å². The summed E-state index contributed by atoms with van der Waals surface area (Å²) in [7, 11) is 1.73. The summed E-state index contributed by atoms with van der Waals surface area (Å²) in [6, 6.07) is 7.14. The molecule has 152 valence electrons. The number of fused-ring (bicyclic) bond motifs is 4. The Kier molecular flexibility index (Phi) is 5.50. The van der Waals surface area contributed by atoms with Crippen molar-refractivity contribution in [1.29, 1.82) is 0 Å². The summed E-state index contributed by atoms with van der Waals surface area (Å²) >= 11 is 0. The Bertz CT molecular complexity index is 754. The molecule has 0 spiro atoms. The van der Waals surface area contributed by atoms with E-state index in [1.807, 2.05) is 13.0 Å². The Labute approximate surface area is 168 Å². The second kappa shape index (κ2) is 7.90. The lowest BCUT2D eigenvalue weighted by atomic mass is 9.57. The number of allylic oxidation sites excluding steroid dienone is 1. The Morgan fingerprint density at radius 1 is 1.36 bits per heavy atom. The lowest BCUT2D eigenvalue weighted by Gasteiger charge is -2.55. The van der Waals surface area contributed by atoms with Crippen LogP contribution in [0.2, 0.25) is 0 Å². The van der Waals surface area contributed by atoms with Crippen molar-refractivity contribution in [2.45, 2.75) is 57.4 Å². The molecule has 2 aliphatic carbocycles. The number of hydrogen-bond acceptors (Lipinski definition) is 4. The predicted molar refractivity (Wildman–Crippen MR) is 111 cm³/mol. The van der Waals surface area contributed by atoms with E-state index in [-0.39, 0.29) is 11.4 Å². The molecule has 0 aromatic heterocycles. The zero-order valence-electron chi connectivity index (χ0n) is 17.4. The molecule has 1 saturated carbocycles. The number of benzene rings is 1. The molecule has 2 bridgehead atoms. The van der Waals surface area contributed by atoms with Crippen LogP contribution in [0.15, 0.2) is 30.4 Å². The standard InChI is InChI=1S/C24H33NO3/c1-4-28-23(26)6-5-11-24-12-13-25(16-18-7-8-18)22(17(24)2)14-19-9-10-20(27-3)15-21(19)24/h5,9-11,15,17-18,22H,4,6-8,12-14,16H2,1-3H3/b11-5+/t17-,22?,24-/m0/s1. The van der Waals surface area contributed by atoms with E-state index in [2.05, 4.69) is 36.1 Å². The number of piperidine rings is 1. The van der Waals surface area contributed by atoms with Crippen LogP contribution < -0.4 is 4.74 Å². The van der Waals surface area contributed by atoms with Gasteiger partial charge in [-0.15, -0.1) is 0 Å². The van der Waals surface area contributed by atoms with Crippen molar-refractivity contribution >= 4 is 5.97 Å². The maximum Gasteiger partial charge on any atom is 0.309 e. The van der Waals surface area contributed by atoms with E-state index in [9.17, 15) is 4.79 Å². The molecule has 1 aliphatic heterocycles. The molecule has 4 rings (SSSR count). The third kappa shape index (κ3) is 3.59. The summed E-state index contributed by atoms with van der Waals surface area (Å²) in [6.45, 7) is 7.08. The van der Waals surface area contributed by atoms with Gasteiger partial charge in [-0.25, -0.2) is 0 Å². The number of methoxy groups -OCH3 is 1. The number of esters is 1. The van der Waals surface area contributed by atoms with Crippen molar-refractivity contribution in [3.63, 3.8) is 0 Å². The number of carbonyl (C=O) groups is 1. The van der Waals surface area contributed by atoms with E-state index in [0.717, 1.165) is 31.1 Å². The van der Waals surface area contributed by atoms with Crippen LogP contribution in [0.4, 0.5) is 0 Å². The highest BCUT2D eigenvalue weighted by molar-refractivity contribution is 5.71. The van der Waals surface area contributed by atoms with Gasteiger partial charge in [0.05, 0.1) is 20.1 Å². The van der Waals surface area contributed by atoms with Crippen molar-refractivity contribution in [2.75, 3.05) is 26.8 Å². The maximum atomic E-state index is 11.9. The first-order valence-corrected chi connectivity index (χ1v) is 10.8. The monoisotopic (exact) mass is 383 g/mol. The number of likely N-dealkylation sites (tertiary alicyclic amines) is 1. The minimum atomic E-state index is -0.146. The molecule has 1 saturated heterocycles. The van der Waals surface area contributed by atoms with E-state index in [0.29, 0.717) is 25.0 Å². The number of ether oxygens (including phenoxy) is 2. The zero-order chi connectivity index (χ0) is 19.7. The Balaban J connectivity index is 1.67. The normalized spacial score (nSPS) is 29.5. The van der Waals surface area contributed by atoms with Crippen molar-refractivity contribution in [1.82, 2.24) is 4.90 Å². The van der Waals surface area contributed by atoms with Gasteiger partial charge in [-0.05, 0) is 74.2 Å². The number of rotatable bonds is 7. The van der Waals surface area contributed by atoms with E-state index >= 15 is 0 Å². The molecule has 4 heteroatoms. The van der Waals surface area contributed by atoms with E-state index in [1.54, 1.807) is 7.11 Å². The van der Waals surface area contributed by atoms with Crippen LogP contribution in [-0.4, -0.2) is 43.7 Å². The molecule has 0 N–H and O–H groups in total. The SMILES string of the molecule is CCOC(=O)C/C=C/[C@@]12CCN(CC3CC3)C(Cc3ccc(OC)cc31)[C@@H]2C. The smallest absolute Gasteiger partial charge is 0.309 e. The highest BCUT2D eigenvalue weighted by atomic mass is 16.5. The van der Waals surface area contributed by atoms with Gasteiger partial charge in [0, 0.05) is 18.0 Å². The fourth-order valence-electron chi connectivity index (χ4n) is 5.36. The van der Waals surface area contributed by atoms with Gasteiger partial charge in [0.1, 0.15) is 5.75 Å². The Morgan fingerprint density at radius 2 is 2.18 bits per heavy atom. The first-order valence-electron chi connectivity index (χ1n) is 10.8. The van der Waals surface area contributed by atoms with E-state index < -0.39 is 0 Å². The second-order valence-electron chi connectivity index (χ2n) is 8.72. The lowest BCUT2D eigenvalue weighted by Crippen LogP contribution is -2.58. The molecule has 0 amide bonds. The van der Waals surface area contributed by atoms with Gasteiger partial charge in [-0.1, -0.05) is 25.1 Å². The van der Waals surface area contributed by atoms with Crippen molar-refractivity contribution in [3.05, 3.63) is 41.5 Å². The summed E-state index contributed by atoms with van der Waals surface area (Å²) < 4.78 is 10.7. The molecular formula is C24H33NO3. The second-order valence-corrected chi connectivity index (χ2v) is 8.72. The average Bonchev–Trinajstić information content (AvgIpc) is 3.50. The van der Waals surface area contributed by atoms with Gasteiger partial charge < -0.3 is 9.47 Å². The molecule has 4 nitrogen and oxygen atoms in total. The predicted octanol–water partition coefficient (Wildman–Crippen LogP) is 4.12.